The summed E-state index contributed by atoms with van der Waals surface area (Å²) in [5.74, 6) is -0.937. The summed E-state index contributed by atoms with van der Waals surface area (Å²) in [5, 5.41) is 0. The molecule has 0 aromatic heterocycles. The summed E-state index contributed by atoms with van der Waals surface area (Å²) >= 11 is 3.68. The zero-order chi connectivity index (χ0) is 16.8. The first-order valence-electron chi connectivity index (χ1n) is 6.88. The van der Waals surface area contributed by atoms with Crippen LogP contribution >= 0.6 is 34.4 Å². The van der Waals surface area contributed by atoms with Crippen molar-refractivity contribution in [3.63, 3.8) is 0 Å². The molecule has 0 radical (unpaired) electrons. The predicted molar refractivity (Wildman–Crippen MR) is 97.0 cm³/mol. The van der Waals surface area contributed by atoms with Crippen LogP contribution < -0.4 is 0 Å². The average Bonchev–Trinajstić information content (AvgIpc) is 2.56. The third kappa shape index (κ3) is 4.71. The molecule has 0 aliphatic heterocycles. The van der Waals surface area contributed by atoms with E-state index in [4.69, 9.17) is 9.47 Å². The summed E-state index contributed by atoms with van der Waals surface area (Å²) in [5.41, 5.74) is 0.681. The third-order valence-electron chi connectivity index (χ3n) is 2.94. The fraction of sp³-hybridized carbons (Fsp3) is 0.176. The molecule has 0 atom stereocenters. The van der Waals surface area contributed by atoms with Crippen molar-refractivity contribution < 1.29 is 19.1 Å². The Morgan fingerprint density at radius 1 is 1.09 bits per heavy atom. The highest BCUT2D eigenvalue weighted by Crippen LogP contribution is 2.32. The van der Waals surface area contributed by atoms with Crippen LogP contribution in [0.3, 0.4) is 0 Å². The molecule has 0 saturated carbocycles. The summed E-state index contributed by atoms with van der Waals surface area (Å²) in [7, 11) is 1.32. The van der Waals surface area contributed by atoms with Gasteiger partial charge in [0.15, 0.2) is 0 Å². The Balaban J connectivity index is 2.36. The zero-order valence-corrected chi connectivity index (χ0v) is 15.6. The van der Waals surface area contributed by atoms with Crippen molar-refractivity contribution in [1.82, 2.24) is 0 Å². The van der Waals surface area contributed by atoms with Gasteiger partial charge in [0.25, 0.3) is 0 Å². The Hall–Kier alpha value is -1.54. The molecule has 0 fully saturated rings. The number of esters is 2. The van der Waals surface area contributed by atoms with E-state index in [0.717, 1.165) is 13.4 Å². The summed E-state index contributed by atoms with van der Waals surface area (Å²) in [4.78, 5) is 25.6. The van der Waals surface area contributed by atoms with Crippen LogP contribution in [0.25, 0.3) is 0 Å². The van der Waals surface area contributed by atoms with Crippen molar-refractivity contribution in [1.29, 1.82) is 0 Å². The minimum absolute atomic E-state index is 0.283. The molecule has 0 aliphatic carbocycles. The number of halogens is 1. The van der Waals surface area contributed by atoms with Gasteiger partial charge in [-0.25, -0.2) is 9.59 Å². The fourth-order valence-electron chi connectivity index (χ4n) is 1.86. The van der Waals surface area contributed by atoms with Crippen molar-refractivity contribution in [2.45, 2.75) is 16.7 Å². The van der Waals surface area contributed by atoms with Crippen molar-refractivity contribution in [3.8, 4) is 0 Å². The molecule has 0 spiro atoms. The highest BCUT2D eigenvalue weighted by molar-refractivity contribution is 14.1. The van der Waals surface area contributed by atoms with Crippen LogP contribution in [-0.2, 0) is 9.47 Å². The van der Waals surface area contributed by atoms with Crippen LogP contribution in [0.15, 0.2) is 52.3 Å². The van der Waals surface area contributed by atoms with Gasteiger partial charge in [0.1, 0.15) is 0 Å². The molecule has 0 aliphatic rings. The van der Waals surface area contributed by atoms with Gasteiger partial charge in [-0.3, -0.25) is 0 Å². The summed E-state index contributed by atoms with van der Waals surface area (Å²) in [6.07, 6.45) is 0. The second-order valence-corrected chi connectivity index (χ2v) is 6.84. The molecule has 0 N–H and O–H groups in total. The van der Waals surface area contributed by atoms with Gasteiger partial charge in [0, 0.05) is 13.4 Å². The maximum absolute atomic E-state index is 12.0. The van der Waals surface area contributed by atoms with Crippen molar-refractivity contribution in [2.24, 2.45) is 0 Å². The number of carbonyl (C=O) groups is 2. The Morgan fingerprint density at radius 2 is 1.78 bits per heavy atom. The number of hydrogen-bond donors (Lipinski definition) is 0. The molecule has 23 heavy (non-hydrogen) atoms. The molecule has 4 nitrogen and oxygen atoms in total. The quantitative estimate of drug-likeness (QED) is 0.508. The topological polar surface area (TPSA) is 52.6 Å². The predicted octanol–water partition coefficient (Wildman–Crippen LogP) is 4.41. The van der Waals surface area contributed by atoms with E-state index >= 15 is 0 Å². The van der Waals surface area contributed by atoms with Gasteiger partial charge in [-0.15, -0.1) is 0 Å². The van der Waals surface area contributed by atoms with Crippen LogP contribution in [0.5, 0.6) is 0 Å². The smallest absolute Gasteiger partial charge is 0.339 e. The standard InChI is InChI=1S/C17H15IO4S/c1-3-22-16(19)11-4-9-15(14(10-11)17(20)21-2)23-13-7-5-12(18)6-8-13/h4-10H,3H2,1-2H3. The first-order chi connectivity index (χ1) is 11.0. The van der Waals surface area contributed by atoms with Crippen LogP contribution in [0.2, 0.25) is 0 Å². The van der Waals surface area contributed by atoms with E-state index in [2.05, 4.69) is 22.6 Å². The Morgan fingerprint density at radius 3 is 2.39 bits per heavy atom. The van der Waals surface area contributed by atoms with Crippen LogP contribution in [-0.4, -0.2) is 25.7 Å². The fourth-order valence-corrected chi connectivity index (χ4v) is 3.13. The molecule has 0 saturated heterocycles. The first kappa shape index (κ1) is 17.8. The molecule has 2 aromatic carbocycles. The van der Waals surface area contributed by atoms with Gasteiger partial charge in [0.2, 0.25) is 0 Å². The second-order valence-electron chi connectivity index (χ2n) is 4.48. The summed E-state index contributed by atoms with van der Waals surface area (Å²) in [6, 6.07) is 12.8. The molecule has 2 aromatic rings. The molecule has 0 bridgehead atoms. The molecule has 0 heterocycles. The number of carbonyl (C=O) groups excluding carboxylic acids is 2. The number of benzene rings is 2. The van der Waals surface area contributed by atoms with E-state index in [0.29, 0.717) is 11.1 Å². The maximum Gasteiger partial charge on any atom is 0.339 e. The Labute approximate surface area is 152 Å². The van der Waals surface area contributed by atoms with Gasteiger partial charge < -0.3 is 9.47 Å². The van der Waals surface area contributed by atoms with Crippen molar-refractivity contribution >= 4 is 46.3 Å². The minimum atomic E-state index is -0.482. The highest BCUT2D eigenvalue weighted by atomic mass is 127. The maximum atomic E-state index is 12.0. The summed E-state index contributed by atoms with van der Waals surface area (Å²) in [6.45, 7) is 2.02. The molecular weight excluding hydrogens is 427 g/mol. The lowest BCUT2D eigenvalue weighted by molar-refractivity contribution is 0.0526. The van der Waals surface area contributed by atoms with E-state index in [9.17, 15) is 9.59 Å². The number of rotatable bonds is 5. The number of ether oxygens (including phenoxy) is 2. The lowest BCUT2D eigenvalue weighted by atomic mass is 10.1. The molecule has 0 amide bonds. The van der Waals surface area contributed by atoms with Crippen molar-refractivity contribution in [3.05, 3.63) is 57.2 Å². The van der Waals surface area contributed by atoms with E-state index in [-0.39, 0.29) is 6.61 Å². The van der Waals surface area contributed by atoms with E-state index in [1.807, 2.05) is 24.3 Å². The van der Waals surface area contributed by atoms with Gasteiger partial charge in [-0.05, 0) is 72.0 Å². The van der Waals surface area contributed by atoms with Crippen LogP contribution in [0.4, 0.5) is 0 Å². The average molecular weight is 442 g/mol. The second kappa shape index (κ2) is 8.35. The Bertz CT molecular complexity index is 713. The van der Waals surface area contributed by atoms with E-state index in [1.54, 1.807) is 19.1 Å². The molecule has 6 heteroatoms. The monoisotopic (exact) mass is 442 g/mol. The number of hydrogen-bond acceptors (Lipinski definition) is 5. The van der Waals surface area contributed by atoms with Crippen LogP contribution in [0, 0.1) is 3.57 Å². The number of methoxy groups -OCH3 is 1. The van der Waals surface area contributed by atoms with E-state index < -0.39 is 11.9 Å². The molecular formula is C17H15IO4S. The largest absolute Gasteiger partial charge is 0.465 e. The van der Waals surface area contributed by atoms with Gasteiger partial charge in [0.05, 0.1) is 24.8 Å². The summed E-state index contributed by atoms with van der Waals surface area (Å²) < 4.78 is 10.9. The van der Waals surface area contributed by atoms with Gasteiger partial charge in [-0.2, -0.15) is 0 Å². The minimum Gasteiger partial charge on any atom is -0.465 e. The molecule has 2 rings (SSSR count). The normalized spacial score (nSPS) is 10.2. The Kier molecular flexibility index (Phi) is 6.47. The highest BCUT2D eigenvalue weighted by Gasteiger charge is 2.17. The van der Waals surface area contributed by atoms with Gasteiger partial charge in [-0.1, -0.05) is 11.8 Å². The van der Waals surface area contributed by atoms with Gasteiger partial charge >= 0.3 is 11.9 Å². The van der Waals surface area contributed by atoms with Crippen molar-refractivity contribution in [2.75, 3.05) is 13.7 Å². The molecule has 120 valence electrons. The van der Waals surface area contributed by atoms with E-state index in [1.165, 1.54) is 24.9 Å². The SMILES string of the molecule is CCOC(=O)c1ccc(Sc2ccc(I)cc2)c(C(=O)OC)c1. The van der Waals surface area contributed by atoms with Crippen LogP contribution in [0.1, 0.15) is 27.6 Å². The lowest BCUT2D eigenvalue weighted by Crippen LogP contribution is -2.09. The third-order valence-corrected chi connectivity index (χ3v) is 4.74. The first-order valence-corrected chi connectivity index (χ1v) is 8.77. The lowest BCUT2D eigenvalue weighted by Gasteiger charge is -2.10. The zero-order valence-electron chi connectivity index (χ0n) is 12.7. The molecule has 0 unspecified atom stereocenters.